The number of aryl methyl sites for hydroxylation is 1. The number of rotatable bonds is 4. The van der Waals surface area contributed by atoms with Crippen molar-refractivity contribution in [2.45, 2.75) is 32.7 Å². The summed E-state index contributed by atoms with van der Waals surface area (Å²) in [5.41, 5.74) is 2.47. The molecule has 1 amide bonds. The fraction of sp³-hybridized carbons (Fsp3) is 0.545. The molecule has 2 aliphatic heterocycles. The van der Waals surface area contributed by atoms with E-state index in [0.717, 1.165) is 75.2 Å². The Labute approximate surface area is 165 Å². The van der Waals surface area contributed by atoms with Gasteiger partial charge in [-0.05, 0) is 43.4 Å². The standard InChI is InChI=1S/C22H29N3O3/c1-17-5-6-19-18(14-22(27)28-20(19)13-17)15-23-9-11-24(12-10-23)16-21(26)25-7-3-2-4-8-25/h5-6,13-14H,2-4,7-12,15-16H2,1H3. The fourth-order valence-electron chi connectivity index (χ4n) is 4.25. The predicted octanol–water partition coefficient (Wildman–Crippen LogP) is 2.23. The average molecular weight is 383 g/mol. The normalized spacial score (nSPS) is 19.2. The van der Waals surface area contributed by atoms with Crippen LogP contribution in [0.1, 0.15) is 30.4 Å². The Morgan fingerprint density at radius 2 is 1.68 bits per heavy atom. The first-order chi connectivity index (χ1) is 13.6. The summed E-state index contributed by atoms with van der Waals surface area (Å²) in [7, 11) is 0. The van der Waals surface area contributed by atoms with E-state index in [-0.39, 0.29) is 11.5 Å². The van der Waals surface area contributed by atoms with Crippen molar-refractivity contribution in [2.24, 2.45) is 0 Å². The van der Waals surface area contributed by atoms with Crippen LogP contribution >= 0.6 is 0 Å². The van der Waals surface area contributed by atoms with Gasteiger partial charge in [0.25, 0.3) is 0 Å². The molecule has 0 N–H and O–H groups in total. The molecule has 2 aromatic rings. The molecule has 150 valence electrons. The Hall–Kier alpha value is -2.18. The van der Waals surface area contributed by atoms with Crippen molar-refractivity contribution >= 4 is 16.9 Å². The van der Waals surface area contributed by atoms with Gasteiger partial charge in [0.15, 0.2) is 0 Å². The van der Waals surface area contributed by atoms with Crippen molar-refractivity contribution in [3.8, 4) is 0 Å². The summed E-state index contributed by atoms with van der Waals surface area (Å²) in [4.78, 5) is 31.1. The summed E-state index contributed by atoms with van der Waals surface area (Å²) in [6, 6.07) is 7.63. The molecule has 3 heterocycles. The molecule has 1 aromatic carbocycles. The maximum atomic E-state index is 12.5. The molecule has 2 saturated heterocycles. The van der Waals surface area contributed by atoms with Crippen LogP contribution in [0.15, 0.2) is 33.5 Å². The average Bonchev–Trinajstić information content (AvgIpc) is 2.69. The lowest BCUT2D eigenvalue weighted by Gasteiger charge is -2.36. The molecular weight excluding hydrogens is 354 g/mol. The first-order valence-electron chi connectivity index (χ1n) is 10.3. The van der Waals surface area contributed by atoms with Gasteiger partial charge in [-0.25, -0.2) is 4.79 Å². The Balaban J connectivity index is 1.35. The van der Waals surface area contributed by atoms with Gasteiger partial charge in [-0.1, -0.05) is 12.1 Å². The van der Waals surface area contributed by atoms with E-state index in [1.54, 1.807) is 6.07 Å². The molecule has 0 atom stereocenters. The molecule has 6 nitrogen and oxygen atoms in total. The number of fused-ring (bicyclic) bond motifs is 1. The predicted molar refractivity (Wildman–Crippen MR) is 109 cm³/mol. The van der Waals surface area contributed by atoms with E-state index in [0.29, 0.717) is 12.1 Å². The first-order valence-corrected chi connectivity index (χ1v) is 10.3. The number of carbonyl (C=O) groups excluding carboxylic acids is 1. The van der Waals surface area contributed by atoms with Crippen molar-refractivity contribution < 1.29 is 9.21 Å². The molecule has 0 radical (unpaired) electrons. The number of hydrogen-bond donors (Lipinski definition) is 0. The molecule has 0 unspecified atom stereocenters. The zero-order valence-corrected chi connectivity index (χ0v) is 16.7. The molecule has 0 bridgehead atoms. The van der Waals surface area contributed by atoms with Crippen LogP contribution in [0, 0.1) is 6.92 Å². The van der Waals surface area contributed by atoms with Gasteiger partial charge in [-0.15, -0.1) is 0 Å². The zero-order chi connectivity index (χ0) is 19.5. The van der Waals surface area contributed by atoms with E-state index in [1.807, 2.05) is 24.0 Å². The number of likely N-dealkylation sites (tertiary alicyclic amines) is 1. The number of amides is 1. The van der Waals surface area contributed by atoms with Crippen LogP contribution in [-0.4, -0.2) is 66.4 Å². The maximum Gasteiger partial charge on any atom is 0.336 e. The largest absolute Gasteiger partial charge is 0.423 e. The number of benzene rings is 1. The molecule has 28 heavy (non-hydrogen) atoms. The molecule has 1 aromatic heterocycles. The Morgan fingerprint density at radius 3 is 2.43 bits per heavy atom. The van der Waals surface area contributed by atoms with Gasteiger partial charge in [0.05, 0.1) is 6.54 Å². The van der Waals surface area contributed by atoms with Crippen molar-refractivity contribution in [2.75, 3.05) is 45.8 Å². The van der Waals surface area contributed by atoms with Gasteiger partial charge in [0, 0.05) is 57.3 Å². The zero-order valence-electron chi connectivity index (χ0n) is 16.7. The third kappa shape index (κ3) is 4.45. The smallest absolute Gasteiger partial charge is 0.336 e. The van der Waals surface area contributed by atoms with Gasteiger partial charge >= 0.3 is 5.63 Å². The number of nitrogens with zero attached hydrogens (tertiary/aromatic N) is 3. The topological polar surface area (TPSA) is 57.0 Å². The van der Waals surface area contributed by atoms with Crippen LogP contribution in [-0.2, 0) is 11.3 Å². The highest BCUT2D eigenvalue weighted by Crippen LogP contribution is 2.20. The van der Waals surface area contributed by atoms with E-state index in [2.05, 4.69) is 15.9 Å². The monoisotopic (exact) mass is 383 g/mol. The van der Waals surface area contributed by atoms with Gasteiger partial charge in [0.2, 0.25) is 5.91 Å². The maximum absolute atomic E-state index is 12.5. The quantitative estimate of drug-likeness (QED) is 0.758. The summed E-state index contributed by atoms with van der Waals surface area (Å²) >= 11 is 0. The molecule has 2 aliphatic rings. The van der Waals surface area contributed by atoms with Gasteiger partial charge < -0.3 is 9.32 Å². The van der Waals surface area contributed by atoms with Crippen molar-refractivity contribution in [1.82, 2.24) is 14.7 Å². The second-order valence-corrected chi connectivity index (χ2v) is 8.08. The third-order valence-corrected chi connectivity index (χ3v) is 5.91. The highest BCUT2D eigenvalue weighted by molar-refractivity contribution is 5.80. The molecule has 6 heteroatoms. The molecule has 2 fully saturated rings. The molecular formula is C22H29N3O3. The lowest BCUT2D eigenvalue weighted by Crippen LogP contribution is -2.50. The second-order valence-electron chi connectivity index (χ2n) is 8.08. The summed E-state index contributed by atoms with van der Waals surface area (Å²) in [5, 5.41) is 1.01. The number of carbonyl (C=O) groups is 1. The molecule has 0 spiro atoms. The first kappa shape index (κ1) is 19.2. The Morgan fingerprint density at radius 1 is 0.964 bits per heavy atom. The third-order valence-electron chi connectivity index (χ3n) is 5.91. The summed E-state index contributed by atoms with van der Waals surface area (Å²) in [6.07, 6.45) is 3.52. The molecule has 0 aliphatic carbocycles. The van der Waals surface area contributed by atoms with Crippen molar-refractivity contribution in [1.29, 1.82) is 0 Å². The van der Waals surface area contributed by atoms with E-state index < -0.39 is 0 Å². The molecule has 4 rings (SSSR count). The Bertz CT molecular complexity index is 894. The van der Waals surface area contributed by atoms with E-state index in [1.165, 1.54) is 6.42 Å². The van der Waals surface area contributed by atoms with Crippen molar-refractivity contribution in [3.05, 3.63) is 45.8 Å². The minimum absolute atomic E-state index is 0.273. The number of hydrogen-bond acceptors (Lipinski definition) is 5. The fourth-order valence-corrected chi connectivity index (χ4v) is 4.25. The van der Waals surface area contributed by atoms with Crippen LogP contribution in [0.4, 0.5) is 0 Å². The highest BCUT2D eigenvalue weighted by Gasteiger charge is 2.23. The van der Waals surface area contributed by atoms with Crippen LogP contribution in [0.5, 0.6) is 0 Å². The van der Waals surface area contributed by atoms with Gasteiger partial charge in [-0.2, -0.15) is 0 Å². The lowest BCUT2D eigenvalue weighted by atomic mass is 10.1. The van der Waals surface area contributed by atoms with Gasteiger partial charge in [-0.3, -0.25) is 14.6 Å². The highest BCUT2D eigenvalue weighted by atomic mass is 16.4. The number of piperidine rings is 1. The van der Waals surface area contributed by atoms with Crippen LogP contribution in [0.2, 0.25) is 0 Å². The summed E-state index contributed by atoms with van der Waals surface area (Å²) in [5.74, 6) is 0.273. The van der Waals surface area contributed by atoms with E-state index in [4.69, 9.17) is 4.42 Å². The summed E-state index contributed by atoms with van der Waals surface area (Å²) < 4.78 is 5.37. The lowest BCUT2D eigenvalue weighted by molar-refractivity contribution is -0.133. The van der Waals surface area contributed by atoms with Gasteiger partial charge in [0.1, 0.15) is 5.58 Å². The number of piperazine rings is 1. The van der Waals surface area contributed by atoms with Crippen LogP contribution < -0.4 is 5.63 Å². The summed E-state index contributed by atoms with van der Waals surface area (Å²) in [6.45, 7) is 8.68. The van der Waals surface area contributed by atoms with E-state index >= 15 is 0 Å². The van der Waals surface area contributed by atoms with Crippen LogP contribution in [0.25, 0.3) is 11.0 Å². The van der Waals surface area contributed by atoms with E-state index in [9.17, 15) is 9.59 Å². The SMILES string of the molecule is Cc1ccc2c(CN3CCN(CC(=O)N4CCCCC4)CC3)cc(=O)oc2c1. The minimum Gasteiger partial charge on any atom is -0.423 e. The van der Waals surface area contributed by atoms with Crippen LogP contribution in [0.3, 0.4) is 0 Å². The molecule has 0 saturated carbocycles. The van der Waals surface area contributed by atoms with Crippen molar-refractivity contribution in [3.63, 3.8) is 0 Å². The minimum atomic E-state index is -0.293. The Kier molecular flexibility index (Phi) is 5.78. The second kappa shape index (κ2) is 8.45.